The van der Waals surface area contributed by atoms with Crippen molar-refractivity contribution in [2.24, 2.45) is 0 Å². The highest BCUT2D eigenvalue weighted by atomic mass is 16.1. The van der Waals surface area contributed by atoms with Gasteiger partial charge in [-0.05, 0) is 68.3 Å². The first-order chi connectivity index (χ1) is 14.2. The van der Waals surface area contributed by atoms with Crippen molar-refractivity contribution in [2.45, 2.75) is 19.8 Å². The van der Waals surface area contributed by atoms with Gasteiger partial charge in [0.15, 0.2) is 11.5 Å². The number of amides is 1. The molecule has 2 aromatic carbocycles. The van der Waals surface area contributed by atoms with Gasteiger partial charge in [0.25, 0.3) is 5.91 Å². The molecule has 1 saturated heterocycles. The van der Waals surface area contributed by atoms with Crippen molar-refractivity contribution < 1.29 is 4.79 Å². The fourth-order valence-corrected chi connectivity index (χ4v) is 3.60. The van der Waals surface area contributed by atoms with Crippen LogP contribution < -0.4 is 15.1 Å². The molecule has 1 fully saturated rings. The van der Waals surface area contributed by atoms with Crippen molar-refractivity contribution in [1.29, 1.82) is 0 Å². The van der Waals surface area contributed by atoms with E-state index >= 15 is 0 Å². The van der Waals surface area contributed by atoms with Crippen LogP contribution in [0.25, 0.3) is 0 Å². The van der Waals surface area contributed by atoms with E-state index in [1.165, 1.54) is 18.5 Å². The van der Waals surface area contributed by atoms with Crippen LogP contribution in [0.15, 0.2) is 66.7 Å². The molecule has 6 nitrogen and oxygen atoms in total. The van der Waals surface area contributed by atoms with Crippen LogP contribution in [0.2, 0.25) is 0 Å². The predicted molar refractivity (Wildman–Crippen MR) is 117 cm³/mol. The number of benzene rings is 2. The lowest BCUT2D eigenvalue weighted by molar-refractivity contribution is 0.102. The molecule has 0 aliphatic carbocycles. The van der Waals surface area contributed by atoms with Gasteiger partial charge in [0, 0.05) is 36.7 Å². The fourth-order valence-electron chi connectivity index (χ4n) is 3.60. The molecule has 1 aliphatic heterocycles. The predicted octanol–water partition coefficient (Wildman–Crippen LogP) is 4.49. The summed E-state index contributed by atoms with van der Waals surface area (Å²) in [5.74, 6) is 0.450. The van der Waals surface area contributed by atoms with Gasteiger partial charge in [-0.15, -0.1) is 10.2 Å². The highest BCUT2D eigenvalue weighted by molar-refractivity contribution is 6.02. The number of rotatable bonds is 6. The SMILES string of the molecule is CCN(c1ccccc1)c1ccc(C(=O)Nc2ccc(N3CCCC3)cc2)nn1. The molecule has 148 valence electrons. The van der Waals surface area contributed by atoms with Crippen LogP contribution in [-0.2, 0) is 0 Å². The Bertz CT molecular complexity index is 935. The molecular formula is C23H25N5O. The van der Waals surface area contributed by atoms with E-state index in [1.807, 2.05) is 53.4 Å². The van der Waals surface area contributed by atoms with E-state index < -0.39 is 0 Å². The van der Waals surface area contributed by atoms with E-state index in [0.29, 0.717) is 11.5 Å². The van der Waals surface area contributed by atoms with Crippen molar-refractivity contribution in [2.75, 3.05) is 34.8 Å². The normalized spacial score (nSPS) is 13.3. The molecule has 4 rings (SSSR count). The molecule has 0 bridgehead atoms. The quantitative estimate of drug-likeness (QED) is 0.675. The van der Waals surface area contributed by atoms with Gasteiger partial charge in [-0.2, -0.15) is 0 Å². The number of aromatic nitrogens is 2. The molecule has 0 atom stereocenters. The topological polar surface area (TPSA) is 61.4 Å². The molecule has 1 aliphatic rings. The Morgan fingerprint density at radius 2 is 1.69 bits per heavy atom. The molecule has 3 aromatic rings. The van der Waals surface area contributed by atoms with Crippen LogP contribution in [-0.4, -0.2) is 35.7 Å². The minimum absolute atomic E-state index is 0.263. The van der Waals surface area contributed by atoms with Crippen LogP contribution in [0.4, 0.5) is 22.9 Å². The Balaban J connectivity index is 1.42. The van der Waals surface area contributed by atoms with E-state index in [9.17, 15) is 4.79 Å². The highest BCUT2D eigenvalue weighted by Crippen LogP contribution is 2.23. The molecule has 29 heavy (non-hydrogen) atoms. The number of carbonyl (C=O) groups excluding carboxylic acids is 1. The van der Waals surface area contributed by atoms with Gasteiger partial charge in [-0.25, -0.2) is 0 Å². The summed E-state index contributed by atoms with van der Waals surface area (Å²) in [5, 5.41) is 11.3. The van der Waals surface area contributed by atoms with Crippen molar-refractivity contribution in [1.82, 2.24) is 10.2 Å². The van der Waals surface area contributed by atoms with Crippen LogP contribution in [0.1, 0.15) is 30.3 Å². The first-order valence-electron chi connectivity index (χ1n) is 10.1. The van der Waals surface area contributed by atoms with E-state index in [0.717, 1.165) is 31.0 Å². The van der Waals surface area contributed by atoms with E-state index in [2.05, 4.69) is 39.5 Å². The Labute approximate surface area is 171 Å². The zero-order valence-corrected chi connectivity index (χ0v) is 16.6. The monoisotopic (exact) mass is 387 g/mol. The second kappa shape index (κ2) is 8.73. The van der Waals surface area contributed by atoms with Gasteiger partial charge in [0.1, 0.15) is 0 Å². The van der Waals surface area contributed by atoms with Crippen LogP contribution in [0.3, 0.4) is 0 Å². The second-order valence-electron chi connectivity index (χ2n) is 7.05. The standard InChI is InChI=1S/C23H25N5O/c1-2-28(20-8-4-3-5-9-20)22-15-14-21(25-26-22)23(29)24-18-10-12-19(13-11-18)27-16-6-7-17-27/h3-5,8-15H,2,6-7,16-17H2,1H3,(H,24,29). The van der Waals surface area contributed by atoms with Crippen LogP contribution in [0.5, 0.6) is 0 Å². The van der Waals surface area contributed by atoms with Gasteiger partial charge < -0.3 is 15.1 Å². The van der Waals surface area contributed by atoms with Crippen molar-refractivity contribution >= 4 is 28.8 Å². The lowest BCUT2D eigenvalue weighted by Crippen LogP contribution is -2.20. The van der Waals surface area contributed by atoms with Crippen molar-refractivity contribution in [3.05, 3.63) is 72.4 Å². The maximum absolute atomic E-state index is 12.5. The molecule has 0 unspecified atom stereocenters. The van der Waals surface area contributed by atoms with Gasteiger partial charge in [-0.3, -0.25) is 4.79 Å². The maximum atomic E-state index is 12.5. The summed E-state index contributed by atoms with van der Waals surface area (Å²) in [6, 6.07) is 21.5. The number of nitrogens with zero attached hydrogens (tertiary/aromatic N) is 4. The van der Waals surface area contributed by atoms with Gasteiger partial charge in [0.2, 0.25) is 0 Å². The van der Waals surface area contributed by atoms with Crippen LogP contribution in [0, 0.1) is 0 Å². The van der Waals surface area contributed by atoms with Gasteiger partial charge in [0.05, 0.1) is 0 Å². The summed E-state index contributed by atoms with van der Waals surface area (Å²) in [4.78, 5) is 16.9. The van der Waals surface area contributed by atoms with Gasteiger partial charge >= 0.3 is 0 Å². The third-order valence-corrected chi connectivity index (χ3v) is 5.14. The summed E-state index contributed by atoms with van der Waals surface area (Å²) < 4.78 is 0. The third kappa shape index (κ3) is 4.37. The minimum Gasteiger partial charge on any atom is -0.372 e. The summed E-state index contributed by atoms with van der Waals surface area (Å²) >= 11 is 0. The lowest BCUT2D eigenvalue weighted by Gasteiger charge is -2.21. The van der Waals surface area contributed by atoms with Crippen LogP contribution >= 0.6 is 0 Å². The lowest BCUT2D eigenvalue weighted by atomic mass is 10.2. The molecule has 6 heteroatoms. The number of nitrogens with one attached hydrogen (secondary N) is 1. The molecule has 1 amide bonds. The summed E-state index contributed by atoms with van der Waals surface area (Å²) in [5.41, 5.74) is 3.29. The Morgan fingerprint density at radius 3 is 2.31 bits per heavy atom. The molecular weight excluding hydrogens is 362 g/mol. The third-order valence-electron chi connectivity index (χ3n) is 5.14. The second-order valence-corrected chi connectivity index (χ2v) is 7.05. The smallest absolute Gasteiger partial charge is 0.276 e. The fraction of sp³-hybridized carbons (Fsp3) is 0.261. The van der Waals surface area contributed by atoms with E-state index in [-0.39, 0.29) is 5.91 Å². The summed E-state index contributed by atoms with van der Waals surface area (Å²) in [7, 11) is 0. The molecule has 0 radical (unpaired) electrons. The highest BCUT2D eigenvalue weighted by Gasteiger charge is 2.14. The largest absolute Gasteiger partial charge is 0.372 e. The Kier molecular flexibility index (Phi) is 5.70. The molecule has 2 heterocycles. The molecule has 1 N–H and O–H groups in total. The first-order valence-corrected chi connectivity index (χ1v) is 10.1. The number of para-hydroxylation sites is 1. The van der Waals surface area contributed by atoms with Crippen molar-refractivity contribution in [3.8, 4) is 0 Å². The molecule has 1 aromatic heterocycles. The summed E-state index contributed by atoms with van der Waals surface area (Å²) in [6.45, 7) is 5.02. The number of carbonyl (C=O) groups is 1. The van der Waals surface area contributed by atoms with E-state index in [1.54, 1.807) is 6.07 Å². The number of hydrogen-bond donors (Lipinski definition) is 1. The zero-order chi connectivity index (χ0) is 20.1. The van der Waals surface area contributed by atoms with Gasteiger partial charge in [-0.1, -0.05) is 18.2 Å². The minimum atomic E-state index is -0.263. The van der Waals surface area contributed by atoms with E-state index in [4.69, 9.17) is 0 Å². The Morgan fingerprint density at radius 1 is 0.966 bits per heavy atom. The number of hydrogen-bond acceptors (Lipinski definition) is 5. The molecule has 0 spiro atoms. The molecule has 0 saturated carbocycles. The van der Waals surface area contributed by atoms with Crippen molar-refractivity contribution in [3.63, 3.8) is 0 Å². The average molecular weight is 387 g/mol. The average Bonchev–Trinajstić information content (AvgIpc) is 3.31. The maximum Gasteiger partial charge on any atom is 0.276 e. The Hall–Kier alpha value is -3.41. The zero-order valence-electron chi connectivity index (χ0n) is 16.6. The first kappa shape index (κ1) is 18.9. The summed E-state index contributed by atoms with van der Waals surface area (Å²) in [6.07, 6.45) is 2.49. The number of anilines is 4.